The summed E-state index contributed by atoms with van der Waals surface area (Å²) in [6.07, 6.45) is 0.502. The Bertz CT molecular complexity index is 653. The number of benzene rings is 1. The summed E-state index contributed by atoms with van der Waals surface area (Å²) in [5.74, 6) is -1.01. The minimum atomic E-state index is -0.849. The molecule has 1 unspecified atom stereocenters. The molecule has 2 aromatic rings. The highest BCUT2D eigenvalue weighted by Crippen LogP contribution is 2.20. The molecule has 0 spiro atoms. The summed E-state index contributed by atoms with van der Waals surface area (Å²) in [4.78, 5) is 24.8. The molecule has 1 aliphatic heterocycles. The Kier molecular flexibility index (Phi) is 3.35. The predicted molar refractivity (Wildman–Crippen MR) is 71.3 cm³/mol. The van der Waals surface area contributed by atoms with Crippen molar-refractivity contribution in [1.29, 1.82) is 0 Å². The number of carbonyl (C=O) groups is 2. The Morgan fingerprint density at radius 1 is 1.29 bits per heavy atom. The monoisotopic (exact) mass is 287 g/mol. The summed E-state index contributed by atoms with van der Waals surface area (Å²) >= 11 is 0. The lowest BCUT2D eigenvalue weighted by molar-refractivity contribution is -0.141. The van der Waals surface area contributed by atoms with Crippen LogP contribution in [0.25, 0.3) is 11.4 Å². The molecule has 0 aliphatic carbocycles. The van der Waals surface area contributed by atoms with Crippen LogP contribution in [-0.4, -0.2) is 55.6 Å². The van der Waals surface area contributed by atoms with Gasteiger partial charge in [-0.15, -0.1) is 10.2 Å². The van der Waals surface area contributed by atoms with Crippen molar-refractivity contribution in [2.75, 3.05) is 13.1 Å². The van der Waals surface area contributed by atoms with Crippen molar-refractivity contribution in [1.82, 2.24) is 25.5 Å². The van der Waals surface area contributed by atoms with Crippen LogP contribution in [0.2, 0.25) is 0 Å². The van der Waals surface area contributed by atoms with E-state index in [0.717, 1.165) is 5.56 Å². The standard InChI is InChI=1S/C13H13N5O3/c19-12(18-6-5-10(7-18)13(20)21)9-3-1-8(2-4-9)11-14-16-17-15-11/h1-4,10H,5-7H2,(H,20,21)(H,14,15,16,17). The molecule has 1 aromatic heterocycles. The van der Waals surface area contributed by atoms with E-state index in [4.69, 9.17) is 5.11 Å². The zero-order chi connectivity index (χ0) is 14.8. The zero-order valence-corrected chi connectivity index (χ0v) is 11.1. The highest BCUT2D eigenvalue weighted by atomic mass is 16.4. The summed E-state index contributed by atoms with van der Waals surface area (Å²) in [6, 6.07) is 6.84. The topological polar surface area (TPSA) is 112 Å². The van der Waals surface area contributed by atoms with Crippen molar-refractivity contribution < 1.29 is 14.7 Å². The number of amides is 1. The molecule has 1 aromatic carbocycles. The maximum atomic E-state index is 12.3. The molecule has 1 aliphatic rings. The molecule has 21 heavy (non-hydrogen) atoms. The van der Waals surface area contributed by atoms with Crippen molar-refractivity contribution in [2.24, 2.45) is 5.92 Å². The molecule has 2 heterocycles. The highest BCUT2D eigenvalue weighted by molar-refractivity contribution is 5.95. The maximum absolute atomic E-state index is 12.3. The number of aromatic nitrogens is 4. The van der Waals surface area contributed by atoms with Gasteiger partial charge in [0.15, 0.2) is 0 Å². The first kappa shape index (κ1) is 13.2. The molecule has 2 N–H and O–H groups in total. The Hall–Kier alpha value is -2.77. The third-order valence-electron chi connectivity index (χ3n) is 3.56. The van der Waals surface area contributed by atoms with E-state index in [2.05, 4.69) is 20.6 Å². The summed E-state index contributed by atoms with van der Waals surface area (Å²) in [7, 11) is 0. The van der Waals surface area contributed by atoms with Crippen LogP contribution in [0, 0.1) is 5.92 Å². The van der Waals surface area contributed by atoms with Crippen molar-refractivity contribution in [2.45, 2.75) is 6.42 Å². The SMILES string of the molecule is O=C(O)C1CCN(C(=O)c2ccc(-c3nn[nH]n3)cc2)C1. The minimum absolute atomic E-state index is 0.154. The Morgan fingerprint density at radius 3 is 2.62 bits per heavy atom. The lowest BCUT2D eigenvalue weighted by Crippen LogP contribution is -2.29. The number of aliphatic carboxylic acids is 1. The molecule has 1 saturated heterocycles. The number of nitrogens with one attached hydrogen (secondary N) is 1. The normalized spacial score (nSPS) is 17.9. The van der Waals surface area contributed by atoms with Gasteiger partial charge in [-0.05, 0) is 23.8 Å². The van der Waals surface area contributed by atoms with Gasteiger partial charge in [0.05, 0.1) is 5.92 Å². The van der Waals surface area contributed by atoms with Crippen LogP contribution in [0.4, 0.5) is 0 Å². The first-order chi connectivity index (χ1) is 10.1. The number of carbonyl (C=O) groups excluding carboxylic acids is 1. The summed E-state index contributed by atoms with van der Waals surface area (Å²) in [5, 5.41) is 22.5. The van der Waals surface area contributed by atoms with E-state index >= 15 is 0 Å². The molecule has 0 saturated carbocycles. The lowest BCUT2D eigenvalue weighted by atomic mass is 10.1. The van der Waals surface area contributed by atoms with Gasteiger partial charge in [0.25, 0.3) is 5.91 Å². The highest BCUT2D eigenvalue weighted by Gasteiger charge is 2.31. The smallest absolute Gasteiger partial charge is 0.308 e. The van der Waals surface area contributed by atoms with E-state index in [-0.39, 0.29) is 12.5 Å². The van der Waals surface area contributed by atoms with E-state index in [1.165, 1.54) is 0 Å². The second-order valence-electron chi connectivity index (χ2n) is 4.89. The first-order valence-corrected chi connectivity index (χ1v) is 6.51. The number of hydrogen-bond donors (Lipinski definition) is 2. The quantitative estimate of drug-likeness (QED) is 0.845. The van der Waals surface area contributed by atoms with Gasteiger partial charge in [0.2, 0.25) is 5.82 Å². The largest absolute Gasteiger partial charge is 0.481 e. The van der Waals surface area contributed by atoms with E-state index < -0.39 is 11.9 Å². The van der Waals surface area contributed by atoms with E-state index in [0.29, 0.717) is 24.4 Å². The zero-order valence-electron chi connectivity index (χ0n) is 11.1. The second-order valence-corrected chi connectivity index (χ2v) is 4.89. The van der Waals surface area contributed by atoms with Gasteiger partial charge in [-0.3, -0.25) is 9.59 Å². The molecule has 1 fully saturated rings. The summed E-state index contributed by atoms with van der Waals surface area (Å²) in [6.45, 7) is 0.739. The second kappa shape index (κ2) is 5.31. The number of rotatable bonds is 3. The number of tetrazole rings is 1. The van der Waals surface area contributed by atoms with Crippen molar-refractivity contribution >= 4 is 11.9 Å². The van der Waals surface area contributed by atoms with Crippen molar-refractivity contribution in [3.8, 4) is 11.4 Å². The lowest BCUT2D eigenvalue weighted by Gasteiger charge is -2.15. The fourth-order valence-corrected chi connectivity index (χ4v) is 2.37. The van der Waals surface area contributed by atoms with Gasteiger partial charge in [0.1, 0.15) is 0 Å². The molecule has 0 bridgehead atoms. The number of hydrogen-bond acceptors (Lipinski definition) is 5. The molecular formula is C13H13N5O3. The van der Waals surface area contributed by atoms with Crippen LogP contribution in [0.5, 0.6) is 0 Å². The molecule has 8 nitrogen and oxygen atoms in total. The van der Waals surface area contributed by atoms with Crippen LogP contribution < -0.4 is 0 Å². The summed E-state index contributed by atoms with van der Waals surface area (Å²) in [5.41, 5.74) is 1.28. The minimum Gasteiger partial charge on any atom is -0.481 e. The van der Waals surface area contributed by atoms with E-state index in [1.54, 1.807) is 29.2 Å². The number of aromatic amines is 1. The molecule has 0 radical (unpaired) electrons. The third-order valence-corrected chi connectivity index (χ3v) is 3.56. The Balaban J connectivity index is 1.72. The molecule has 3 rings (SSSR count). The number of likely N-dealkylation sites (tertiary alicyclic amines) is 1. The van der Waals surface area contributed by atoms with Gasteiger partial charge in [-0.2, -0.15) is 5.21 Å². The Morgan fingerprint density at radius 2 is 2.05 bits per heavy atom. The van der Waals surface area contributed by atoms with Crippen molar-refractivity contribution in [3.05, 3.63) is 29.8 Å². The van der Waals surface area contributed by atoms with E-state index in [9.17, 15) is 9.59 Å². The predicted octanol–water partition coefficient (Wildman–Crippen LogP) is 0.413. The molecule has 108 valence electrons. The van der Waals surface area contributed by atoms with Crippen LogP contribution in [0.3, 0.4) is 0 Å². The fourth-order valence-electron chi connectivity index (χ4n) is 2.37. The van der Waals surface area contributed by atoms with Crippen LogP contribution in [-0.2, 0) is 4.79 Å². The molecule has 1 atom stereocenters. The van der Waals surface area contributed by atoms with E-state index in [1.807, 2.05) is 0 Å². The third kappa shape index (κ3) is 2.60. The number of carboxylic acid groups (broad SMARTS) is 1. The van der Waals surface area contributed by atoms with Gasteiger partial charge in [0, 0.05) is 24.2 Å². The van der Waals surface area contributed by atoms with Crippen LogP contribution in [0.15, 0.2) is 24.3 Å². The van der Waals surface area contributed by atoms with Crippen LogP contribution in [0.1, 0.15) is 16.8 Å². The molecule has 1 amide bonds. The van der Waals surface area contributed by atoms with Crippen LogP contribution >= 0.6 is 0 Å². The molecular weight excluding hydrogens is 274 g/mol. The number of carboxylic acids is 1. The van der Waals surface area contributed by atoms with Gasteiger partial charge in [-0.1, -0.05) is 12.1 Å². The molecule has 8 heteroatoms. The fraction of sp³-hybridized carbons (Fsp3) is 0.308. The average molecular weight is 287 g/mol. The summed E-state index contributed by atoms with van der Waals surface area (Å²) < 4.78 is 0. The van der Waals surface area contributed by atoms with Crippen molar-refractivity contribution in [3.63, 3.8) is 0 Å². The number of H-pyrrole nitrogens is 1. The Labute approximate surface area is 119 Å². The maximum Gasteiger partial charge on any atom is 0.308 e. The average Bonchev–Trinajstić information content (AvgIpc) is 3.18. The van der Waals surface area contributed by atoms with Gasteiger partial charge < -0.3 is 10.0 Å². The van der Waals surface area contributed by atoms with Gasteiger partial charge in [-0.25, -0.2) is 0 Å². The van der Waals surface area contributed by atoms with Gasteiger partial charge >= 0.3 is 5.97 Å². The first-order valence-electron chi connectivity index (χ1n) is 6.51. The number of nitrogens with zero attached hydrogens (tertiary/aromatic N) is 4.